The number of carbonyl (C=O) groups excluding carboxylic acids is 3. The fourth-order valence-electron chi connectivity index (χ4n) is 9.88. The summed E-state index contributed by atoms with van der Waals surface area (Å²) in [6.45, 7) is 6.55. The van der Waals surface area contributed by atoms with Crippen molar-refractivity contribution in [3.8, 4) is 0 Å². The summed E-state index contributed by atoms with van der Waals surface area (Å²) < 4.78 is 16.9. The van der Waals surface area contributed by atoms with Gasteiger partial charge >= 0.3 is 17.9 Å². The molecule has 0 rings (SSSR count). The molecule has 0 saturated carbocycles. The fourth-order valence-corrected chi connectivity index (χ4v) is 9.88. The van der Waals surface area contributed by atoms with Crippen LogP contribution >= 0.6 is 0 Å². The van der Waals surface area contributed by atoms with Crippen LogP contribution in [0.15, 0.2) is 72.9 Å². The highest BCUT2D eigenvalue weighted by Crippen LogP contribution is 2.17. The smallest absolute Gasteiger partial charge is 0.306 e. The van der Waals surface area contributed by atoms with Gasteiger partial charge in [0.15, 0.2) is 6.10 Å². The number of hydrogen-bond donors (Lipinski definition) is 0. The summed E-state index contributed by atoms with van der Waals surface area (Å²) in [7, 11) is 0. The molecule has 0 aliphatic rings. The van der Waals surface area contributed by atoms with E-state index in [0.717, 1.165) is 96.3 Å². The van der Waals surface area contributed by atoms with Crippen molar-refractivity contribution in [1.29, 1.82) is 0 Å². The Kier molecular flexibility index (Phi) is 63.7. The van der Waals surface area contributed by atoms with Crippen LogP contribution in [0.3, 0.4) is 0 Å². The molecule has 0 aromatic carbocycles. The first kappa shape index (κ1) is 74.8. The lowest BCUT2D eigenvalue weighted by Gasteiger charge is -2.18. The second-order valence-corrected chi connectivity index (χ2v) is 22.7. The molecule has 0 N–H and O–H groups in total. The molecule has 0 heterocycles. The molecule has 0 spiro atoms. The lowest BCUT2D eigenvalue weighted by Crippen LogP contribution is -2.30. The Balaban J connectivity index is 4.17. The average Bonchev–Trinajstić information content (AvgIpc) is 3.44. The summed E-state index contributed by atoms with van der Waals surface area (Å²) in [5, 5.41) is 0. The van der Waals surface area contributed by atoms with Gasteiger partial charge < -0.3 is 14.2 Å². The minimum absolute atomic E-state index is 0.0752. The average molecular weight is 1090 g/mol. The number of esters is 3. The number of unbranched alkanes of at least 4 members (excludes halogenated alkanes) is 39. The van der Waals surface area contributed by atoms with Gasteiger partial charge in [-0.05, 0) is 89.9 Å². The zero-order valence-electron chi connectivity index (χ0n) is 51.9. The molecule has 0 aliphatic carbocycles. The second kappa shape index (κ2) is 66.4. The van der Waals surface area contributed by atoms with Crippen molar-refractivity contribution in [3.05, 3.63) is 72.9 Å². The number of hydrogen-bond acceptors (Lipinski definition) is 6. The fraction of sp³-hybridized carbons (Fsp3) is 0.792. The van der Waals surface area contributed by atoms with Crippen LogP contribution in [0.2, 0.25) is 0 Å². The molecule has 6 nitrogen and oxygen atoms in total. The molecular weight excluding hydrogens is 961 g/mol. The molecular formula is C72H128O6. The molecule has 6 heteroatoms. The third-order valence-electron chi connectivity index (χ3n) is 14.9. The van der Waals surface area contributed by atoms with Crippen molar-refractivity contribution in [2.75, 3.05) is 13.2 Å². The van der Waals surface area contributed by atoms with Crippen molar-refractivity contribution in [2.24, 2.45) is 0 Å². The highest BCUT2D eigenvalue weighted by atomic mass is 16.6. The second-order valence-electron chi connectivity index (χ2n) is 22.7. The molecule has 0 aromatic heterocycles. The maximum atomic E-state index is 12.9. The standard InChI is InChI=1S/C72H128O6/c1-4-7-10-13-16-19-22-25-27-29-30-31-32-33-34-35-36-37-38-39-40-41-42-44-45-47-50-53-56-59-62-65-71(74)77-68-69(67-76-70(73)64-61-58-55-52-49-24-21-18-15-12-9-6-3)78-72(75)66-63-60-57-54-51-48-46-43-28-26-23-20-17-14-11-8-5-2/h8,11,17,20,22,25-26,28-30,32-33,69H,4-7,9-10,12-16,18-19,21,23-24,27,31,34-68H2,1-3H3/b11-8-,20-17-,25-22-,28-26-,30-29-,33-32-. The molecule has 0 bridgehead atoms. The summed E-state index contributed by atoms with van der Waals surface area (Å²) in [4.78, 5) is 38.3. The molecule has 0 amide bonds. The topological polar surface area (TPSA) is 78.9 Å². The van der Waals surface area contributed by atoms with Crippen LogP contribution in [0.5, 0.6) is 0 Å². The van der Waals surface area contributed by atoms with Gasteiger partial charge in [-0.1, -0.05) is 312 Å². The van der Waals surface area contributed by atoms with E-state index >= 15 is 0 Å². The van der Waals surface area contributed by atoms with Crippen LogP contribution in [-0.2, 0) is 28.6 Å². The van der Waals surface area contributed by atoms with Crippen molar-refractivity contribution in [2.45, 2.75) is 354 Å². The Morgan fingerprint density at radius 1 is 0.269 bits per heavy atom. The summed E-state index contributed by atoms with van der Waals surface area (Å²) in [5.41, 5.74) is 0. The molecule has 0 radical (unpaired) electrons. The van der Waals surface area contributed by atoms with Crippen LogP contribution in [0.4, 0.5) is 0 Å². The van der Waals surface area contributed by atoms with Gasteiger partial charge in [0.25, 0.3) is 0 Å². The number of allylic oxidation sites excluding steroid dienone is 12. The Hall–Kier alpha value is -3.15. The lowest BCUT2D eigenvalue weighted by molar-refractivity contribution is -0.167. The van der Waals surface area contributed by atoms with Gasteiger partial charge in [0.2, 0.25) is 0 Å². The monoisotopic (exact) mass is 1090 g/mol. The number of carbonyl (C=O) groups is 3. The van der Waals surface area contributed by atoms with Crippen molar-refractivity contribution in [1.82, 2.24) is 0 Å². The van der Waals surface area contributed by atoms with Crippen LogP contribution in [0, 0.1) is 0 Å². The Morgan fingerprint density at radius 3 is 0.782 bits per heavy atom. The van der Waals surface area contributed by atoms with Crippen molar-refractivity contribution >= 4 is 17.9 Å². The molecule has 452 valence electrons. The largest absolute Gasteiger partial charge is 0.462 e. The molecule has 1 atom stereocenters. The summed E-state index contributed by atoms with van der Waals surface area (Å²) in [6, 6.07) is 0. The van der Waals surface area contributed by atoms with Gasteiger partial charge in [-0.25, -0.2) is 0 Å². The van der Waals surface area contributed by atoms with E-state index in [9.17, 15) is 14.4 Å². The zero-order chi connectivity index (χ0) is 56.4. The van der Waals surface area contributed by atoms with Crippen LogP contribution < -0.4 is 0 Å². The van der Waals surface area contributed by atoms with E-state index in [-0.39, 0.29) is 31.1 Å². The van der Waals surface area contributed by atoms with Gasteiger partial charge in [0.05, 0.1) is 0 Å². The first-order valence-corrected chi connectivity index (χ1v) is 33.9. The normalized spacial score (nSPS) is 12.5. The SMILES string of the molecule is CC/C=C\C/C=C\C/C=C\CCCCCCCCCC(=O)OC(COC(=O)CCCCCCCCCCCCCC)COC(=O)CCCCCCCCCCCCCCCCCC/C=C\C/C=C\C/C=C\CCCCCCC. The Labute approximate surface area is 484 Å². The predicted molar refractivity (Wildman–Crippen MR) is 339 cm³/mol. The molecule has 0 aliphatic heterocycles. The van der Waals surface area contributed by atoms with Gasteiger partial charge in [-0.2, -0.15) is 0 Å². The van der Waals surface area contributed by atoms with E-state index in [1.54, 1.807) is 0 Å². The van der Waals surface area contributed by atoms with Crippen molar-refractivity contribution < 1.29 is 28.6 Å². The molecule has 0 fully saturated rings. The van der Waals surface area contributed by atoms with Gasteiger partial charge in [0, 0.05) is 19.3 Å². The highest BCUT2D eigenvalue weighted by molar-refractivity contribution is 5.71. The summed E-state index contributed by atoms with van der Waals surface area (Å²) in [6.07, 6.45) is 86.4. The third kappa shape index (κ3) is 63.7. The summed E-state index contributed by atoms with van der Waals surface area (Å²) >= 11 is 0. The minimum Gasteiger partial charge on any atom is -0.462 e. The highest BCUT2D eigenvalue weighted by Gasteiger charge is 2.19. The summed E-state index contributed by atoms with van der Waals surface area (Å²) in [5.74, 6) is -0.868. The molecule has 78 heavy (non-hydrogen) atoms. The number of rotatable bonds is 62. The predicted octanol–water partition coefficient (Wildman–Crippen LogP) is 23.3. The maximum Gasteiger partial charge on any atom is 0.306 e. The minimum atomic E-state index is -0.779. The van der Waals surface area contributed by atoms with Gasteiger partial charge in [-0.3, -0.25) is 14.4 Å². The Morgan fingerprint density at radius 2 is 0.500 bits per heavy atom. The van der Waals surface area contributed by atoms with E-state index in [1.165, 1.54) is 212 Å². The van der Waals surface area contributed by atoms with E-state index in [0.29, 0.717) is 19.3 Å². The number of ether oxygens (including phenoxy) is 3. The molecule has 1 unspecified atom stereocenters. The van der Waals surface area contributed by atoms with Crippen LogP contribution in [0.25, 0.3) is 0 Å². The van der Waals surface area contributed by atoms with Crippen LogP contribution in [-0.4, -0.2) is 37.2 Å². The van der Waals surface area contributed by atoms with Crippen LogP contribution in [0.1, 0.15) is 348 Å². The van der Waals surface area contributed by atoms with Gasteiger partial charge in [-0.15, -0.1) is 0 Å². The molecule has 0 saturated heterocycles. The maximum absolute atomic E-state index is 12.9. The van der Waals surface area contributed by atoms with E-state index in [2.05, 4.69) is 93.7 Å². The zero-order valence-corrected chi connectivity index (χ0v) is 51.9. The van der Waals surface area contributed by atoms with E-state index in [1.807, 2.05) is 0 Å². The van der Waals surface area contributed by atoms with Crippen molar-refractivity contribution in [3.63, 3.8) is 0 Å². The third-order valence-corrected chi connectivity index (χ3v) is 14.9. The quantitative estimate of drug-likeness (QED) is 0.0261. The first-order chi connectivity index (χ1) is 38.5. The van der Waals surface area contributed by atoms with E-state index < -0.39 is 6.10 Å². The van der Waals surface area contributed by atoms with E-state index in [4.69, 9.17) is 14.2 Å². The molecule has 0 aromatic rings. The first-order valence-electron chi connectivity index (χ1n) is 33.9. The lowest BCUT2D eigenvalue weighted by atomic mass is 10.0. The van der Waals surface area contributed by atoms with Gasteiger partial charge in [0.1, 0.15) is 13.2 Å². The Bertz CT molecular complexity index is 1440.